The van der Waals surface area contributed by atoms with Crippen LogP contribution in [0.1, 0.15) is 20.3 Å². The van der Waals surface area contributed by atoms with Gasteiger partial charge in [-0.1, -0.05) is 30.1 Å². The van der Waals surface area contributed by atoms with Crippen LogP contribution in [0.15, 0.2) is 6.33 Å². The van der Waals surface area contributed by atoms with Crippen LogP contribution in [0.3, 0.4) is 0 Å². The van der Waals surface area contributed by atoms with Gasteiger partial charge in [0.1, 0.15) is 12.0 Å². The number of carbonyl (C=O) groups excluding carboxylic acids is 1. The third-order valence-electron chi connectivity index (χ3n) is 2.25. The van der Waals surface area contributed by atoms with Crippen LogP contribution in [0.25, 0.3) is 0 Å². The van der Waals surface area contributed by atoms with Crippen molar-refractivity contribution < 1.29 is 4.79 Å². The molecule has 0 aliphatic heterocycles. The molecule has 0 aliphatic rings. The lowest BCUT2D eigenvalue weighted by Gasteiger charge is -2.21. The van der Waals surface area contributed by atoms with E-state index in [0.29, 0.717) is 6.42 Å². The van der Waals surface area contributed by atoms with Crippen molar-refractivity contribution in [2.45, 2.75) is 25.8 Å². The van der Waals surface area contributed by atoms with Gasteiger partial charge in [-0.3, -0.25) is 4.79 Å². The van der Waals surface area contributed by atoms with Crippen LogP contribution in [0.4, 0.5) is 5.69 Å². The van der Waals surface area contributed by atoms with Gasteiger partial charge in [-0.05, 0) is 13.3 Å². The van der Waals surface area contributed by atoms with Crippen molar-refractivity contribution in [1.82, 2.24) is 9.97 Å². The van der Waals surface area contributed by atoms with E-state index in [9.17, 15) is 4.79 Å². The first kappa shape index (κ1) is 13.2. The largest absolute Gasteiger partial charge is 0.319 e. The topological polar surface area (TPSA) is 80.9 Å². The van der Waals surface area contributed by atoms with Gasteiger partial charge in [-0.15, -0.1) is 0 Å². The smallest absolute Gasteiger partial charge is 0.244 e. The summed E-state index contributed by atoms with van der Waals surface area (Å²) in [5, 5.41) is 2.68. The quantitative estimate of drug-likeness (QED) is 0.815. The molecule has 0 aromatic carbocycles. The molecule has 1 unspecified atom stereocenters. The van der Waals surface area contributed by atoms with E-state index >= 15 is 0 Å². The van der Waals surface area contributed by atoms with Crippen LogP contribution >= 0.6 is 23.2 Å². The van der Waals surface area contributed by atoms with Crippen LogP contribution in [0.5, 0.6) is 0 Å². The number of rotatable bonds is 3. The van der Waals surface area contributed by atoms with Gasteiger partial charge in [0.15, 0.2) is 10.3 Å². The summed E-state index contributed by atoms with van der Waals surface area (Å²) in [6.07, 6.45) is 1.70. The van der Waals surface area contributed by atoms with Gasteiger partial charge in [-0.25, -0.2) is 9.97 Å². The summed E-state index contributed by atoms with van der Waals surface area (Å²) in [4.78, 5) is 19.2. The molecule has 1 atom stereocenters. The van der Waals surface area contributed by atoms with Gasteiger partial charge < -0.3 is 11.1 Å². The number of anilines is 1. The average Bonchev–Trinajstić information content (AvgIpc) is 2.23. The van der Waals surface area contributed by atoms with Crippen molar-refractivity contribution in [3.63, 3.8) is 0 Å². The molecule has 0 aliphatic carbocycles. The molecule has 3 N–H and O–H groups in total. The molecule has 1 rings (SSSR count). The van der Waals surface area contributed by atoms with Gasteiger partial charge in [0.05, 0.1) is 5.54 Å². The van der Waals surface area contributed by atoms with Crippen molar-refractivity contribution in [2.75, 3.05) is 5.32 Å². The Hall–Kier alpha value is -0.910. The zero-order chi connectivity index (χ0) is 12.3. The molecule has 0 radical (unpaired) electrons. The average molecular weight is 263 g/mol. The first-order valence-corrected chi connectivity index (χ1v) is 5.40. The van der Waals surface area contributed by atoms with Crippen molar-refractivity contribution in [1.29, 1.82) is 0 Å². The minimum atomic E-state index is -0.984. The molecule has 16 heavy (non-hydrogen) atoms. The van der Waals surface area contributed by atoms with Gasteiger partial charge in [-0.2, -0.15) is 0 Å². The second kappa shape index (κ2) is 4.95. The summed E-state index contributed by atoms with van der Waals surface area (Å²) < 4.78 is 0. The highest BCUT2D eigenvalue weighted by Crippen LogP contribution is 2.26. The lowest BCUT2D eigenvalue weighted by molar-refractivity contribution is -0.120. The number of hydrogen-bond donors (Lipinski definition) is 2. The summed E-state index contributed by atoms with van der Waals surface area (Å²) in [6, 6.07) is 0. The highest BCUT2D eigenvalue weighted by atomic mass is 35.5. The van der Waals surface area contributed by atoms with E-state index in [-0.39, 0.29) is 21.9 Å². The summed E-state index contributed by atoms with van der Waals surface area (Å²) in [7, 11) is 0. The summed E-state index contributed by atoms with van der Waals surface area (Å²) in [5.41, 5.74) is 4.97. The van der Waals surface area contributed by atoms with Crippen molar-refractivity contribution in [3.8, 4) is 0 Å². The predicted molar refractivity (Wildman–Crippen MR) is 63.6 cm³/mol. The maximum absolute atomic E-state index is 11.8. The fraction of sp³-hybridized carbons (Fsp3) is 0.444. The number of amides is 1. The van der Waals surface area contributed by atoms with Crippen molar-refractivity contribution >= 4 is 34.8 Å². The van der Waals surface area contributed by atoms with Crippen LogP contribution in [0, 0.1) is 0 Å². The lowest BCUT2D eigenvalue weighted by Crippen LogP contribution is -2.47. The summed E-state index contributed by atoms with van der Waals surface area (Å²) in [6.45, 7) is 3.43. The minimum absolute atomic E-state index is 0.0836. The number of aromatic nitrogens is 2. The van der Waals surface area contributed by atoms with E-state index in [1.807, 2.05) is 6.92 Å². The van der Waals surface area contributed by atoms with Gasteiger partial charge in [0, 0.05) is 0 Å². The van der Waals surface area contributed by atoms with E-state index in [0.717, 1.165) is 0 Å². The van der Waals surface area contributed by atoms with E-state index in [1.54, 1.807) is 6.92 Å². The van der Waals surface area contributed by atoms with Crippen LogP contribution in [-0.2, 0) is 4.79 Å². The normalized spacial score (nSPS) is 14.3. The standard InChI is InChI=1S/C9H12Cl2N4O/c1-3-9(2,12)8(16)15-5-6(10)13-4-14-7(5)11/h4H,3,12H2,1-2H3,(H,15,16). The number of nitrogens with zero attached hydrogens (tertiary/aromatic N) is 2. The van der Waals surface area contributed by atoms with E-state index in [4.69, 9.17) is 28.9 Å². The maximum Gasteiger partial charge on any atom is 0.244 e. The first-order chi connectivity index (χ1) is 7.38. The Bertz CT molecular complexity index is 388. The third-order valence-corrected chi connectivity index (χ3v) is 2.82. The van der Waals surface area contributed by atoms with E-state index < -0.39 is 5.54 Å². The molecule has 7 heteroatoms. The molecule has 1 heterocycles. The SMILES string of the molecule is CCC(C)(N)C(=O)Nc1c(Cl)ncnc1Cl. The van der Waals surface area contributed by atoms with Gasteiger partial charge in [0.25, 0.3) is 0 Å². The predicted octanol–water partition coefficient (Wildman–Crippen LogP) is 1.85. The molecule has 0 spiro atoms. The van der Waals surface area contributed by atoms with Crippen LogP contribution < -0.4 is 11.1 Å². The van der Waals surface area contributed by atoms with E-state index in [1.165, 1.54) is 6.33 Å². The molecular weight excluding hydrogens is 251 g/mol. The summed E-state index contributed by atoms with van der Waals surface area (Å²) >= 11 is 11.6. The Morgan fingerprint density at radius 1 is 1.50 bits per heavy atom. The minimum Gasteiger partial charge on any atom is -0.319 e. The van der Waals surface area contributed by atoms with Crippen molar-refractivity contribution in [3.05, 3.63) is 16.6 Å². The number of halogens is 2. The Balaban J connectivity index is 2.94. The van der Waals surface area contributed by atoms with Gasteiger partial charge in [0.2, 0.25) is 5.91 Å². The Labute approximate surface area is 103 Å². The van der Waals surface area contributed by atoms with Crippen LogP contribution in [-0.4, -0.2) is 21.4 Å². The molecule has 0 saturated heterocycles. The monoisotopic (exact) mass is 262 g/mol. The van der Waals surface area contributed by atoms with E-state index in [2.05, 4.69) is 15.3 Å². The van der Waals surface area contributed by atoms with Crippen LogP contribution in [0.2, 0.25) is 10.3 Å². The second-order valence-corrected chi connectivity index (χ2v) is 4.27. The molecule has 1 aromatic rings. The third kappa shape index (κ3) is 2.81. The highest BCUT2D eigenvalue weighted by molar-refractivity contribution is 6.38. The highest BCUT2D eigenvalue weighted by Gasteiger charge is 2.27. The van der Waals surface area contributed by atoms with Gasteiger partial charge >= 0.3 is 0 Å². The zero-order valence-corrected chi connectivity index (χ0v) is 10.4. The number of nitrogens with one attached hydrogen (secondary N) is 1. The Morgan fingerprint density at radius 2 is 2.00 bits per heavy atom. The number of carbonyl (C=O) groups is 1. The molecule has 1 aromatic heterocycles. The Kier molecular flexibility index (Phi) is 4.07. The zero-order valence-electron chi connectivity index (χ0n) is 8.92. The first-order valence-electron chi connectivity index (χ1n) is 4.65. The second-order valence-electron chi connectivity index (χ2n) is 3.56. The lowest BCUT2D eigenvalue weighted by atomic mass is 9.99. The Morgan fingerprint density at radius 3 is 2.44 bits per heavy atom. The number of nitrogens with two attached hydrogens (primary N) is 1. The molecule has 1 amide bonds. The number of hydrogen-bond acceptors (Lipinski definition) is 4. The molecule has 0 bridgehead atoms. The maximum atomic E-state index is 11.8. The molecule has 0 fully saturated rings. The molecule has 5 nitrogen and oxygen atoms in total. The molecular formula is C9H12Cl2N4O. The van der Waals surface area contributed by atoms with Crippen molar-refractivity contribution in [2.24, 2.45) is 5.73 Å². The molecule has 88 valence electrons. The molecule has 0 saturated carbocycles. The fourth-order valence-electron chi connectivity index (χ4n) is 0.864. The summed E-state index contributed by atoms with van der Waals surface area (Å²) in [5.74, 6) is -0.381. The fourth-order valence-corrected chi connectivity index (χ4v) is 1.27.